The van der Waals surface area contributed by atoms with Gasteiger partial charge in [-0.3, -0.25) is 0 Å². The molecule has 0 aliphatic carbocycles. The molecule has 0 aromatic heterocycles. The van der Waals surface area contributed by atoms with Crippen LogP contribution in [0.2, 0.25) is 0 Å². The van der Waals surface area contributed by atoms with Crippen LogP contribution in [0.5, 0.6) is 0 Å². The van der Waals surface area contributed by atoms with Crippen molar-refractivity contribution in [1.29, 1.82) is 0 Å². The molecule has 84 valence electrons. The summed E-state index contributed by atoms with van der Waals surface area (Å²) in [6, 6.07) is 6.55. The lowest BCUT2D eigenvalue weighted by Crippen LogP contribution is -2.23. The first-order valence-electron chi connectivity index (χ1n) is 4.83. The van der Waals surface area contributed by atoms with E-state index in [1.165, 1.54) is 6.92 Å². The van der Waals surface area contributed by atoms with E-state index in [4.69, 9.17) is 0 Å². The molecule has 1 unspecified atom stereocenters. The van der Waals surface area contributed by atoms with E-state index in [0.29, 0.717) is 5.69 Å². The summed E-state index contributed by atoms with van der Waals surface area (Å²) in [5, 5.41) is 2.74. The van der Waals surface area contributed by atoms with Crippen LogP contribution in [0.3, 0.4) is 0 Å². The predicted molar refractivity (Wildman–Crippen MR) is 59.9 cm³/mol. The van der Waals surface area contributed by atoms with Crippen LogP contribution < -0.4 is 10.2 Å². The highest BCUT2D eigenvalue weighted by molar-refractivity contribution is 5.54. The highest BCUT2D eigenvalue weighted by atomic mass is 19.3. The van der Waals surface area contributed by atoms with E-state index in [-0.39, 0.29) is 0 Å². The van der Waals surface area contributed by atoms with Gasteiger partial charge in [0.2, 0.25) is 0 Å². The fraction of sp³-hybridized carbons (Fsp3) is 0.455. The maximum absolute atomic E-state index is 12.3. The van der Waals surface area contributed by atoms with E-state index in [1.54, 1.807) is 12.1 Å². The summed E-state index contributed by atoms with van der Waals surface area (Å²) in [5.74, 6) is 0. The lowest BCUT2D eigenvalue weighted by molar-refractivity contribution is 0.131. The van der Waals surface area contributed by atoms with E-state index in [9.17, 15) is 8.78 Å². The van der Waals surface area contributed by atoms with Gasteiger partial charge in [0, 0.05) is 25.5 Å². The Hall–Kier alpha value is -1.32. The van der Waals surface area contributed by atoms with E-state index >= 15 is 0 Å². The van der Waals surface area contributed by atoms with Crippen molar-refractivity contribution in [2.45, 2.75) is 19.4 Å². The van der Waals surface area contributed by atoms with Crippen LogP contribution >= 0.6 is 0 Å². The summed E-state index contributed by atoms with van der Waals surface area (Å²) in [5.41, 5.74) is 1.76. The number of hydrogen-bond donors (Lipinski definition) is 1. The van der Waals surface area contributed by atoms with Crippen molar-refractivity contribution in [1.82, 2.24) is 0 Å². The molecular formula is C11H16F2N2. The number of halogens is 2. The molecule has 0 saturated carbocycles. The van der Waals surface area contributed by atoms with Crippen LogP contribution in [0.4, 0.5) is 20.2 Å². The van der Waals surface area contributed by atoms with Crippen LogP contribution in [0.15, 0.2) is 24.3 Å². The van der Waals surface area contributed by atoms with Gasteiger partial charge in [-0.25, -0.2) is 8.78 Å². The second-order valence-electron chi connectivity index (χ2n) is 3.71. The van der Waals surface area contributed by atoms with Gasteiger partial charge in [-0.15, -0.1) is 0 Å². The van der Waals surface area contributed by atoms with Crippen LogP contribution in [0.25, 0.3) is 0 Å². The van der Waals surface area contributed by atoms with E-state index in [2.05, 4.69) is 5.32 Å². The zero-order valence-electron chi connectivity index (χ0n) is 9.17. The van der Waals surface area contributed by atoms with Gasteiger partial charge in [0.25, 0.3) is 6.43 Å². The van der Waals surface area contributed by atoms with Crippen molar-refractivity contribution in [3.05, 3.63) is 24.3 Å². The summed E-state index contributed by atoms with van der Waals surface area (Å²) in [6.45, 7) is 1.46. The van der Waals surface area contributed by atoms with Gasteiger partial charge >= 0.3 is 0 Å². The molecule has 0 bridgehead atoms. The largest absolute Gasteiger partial charge is 0.378 e. The minimum absolute atomic E-state index is 0.716. The Morgan fingerprint density at radius 3 is 2.07 bits per heavy atom. The van der Waals surface area contributed by atoms with Gasteiger partial charge in [-0.05, 0) is 31.2 Å². The topological polar surface area (TPSA) is 15.3 Å². The molecule has 1 N–H and O–H groups in total. The second-order valence-corrected chi connectivity index (χ2v) is 3.71. The number of nitrogens with zero attached hydrogens (tertiary/aromatic N) is 1. The quantitative estimate of drug-likeness (QED) is 0.829. The number of hydrogen-bond acceptors (Lipinski definition) is 2. The zero-order chi connectivity index (χ0) is 11.4. The van der Waals surface area contributed by atoms with E-state index < -0.39 is 12.5 Å². The smallest absolute Gasteiger partial charge is 0.258 e. The molecular weight excluding hydrogens is 198 g/mol. The SMILES string of the molecule is CC(Nc1ccc(N(C)C)cc1)C(F)F. The minimum atomic E-state index is -2.35. The first-order valence-corrected chi connectivity index (χ1v) is 4.83. The molecule has 1 rings (SSSR count). The van der Waals surface area contributed by atoms with Gasteiger partial charge in [-0.2, -0.15) is 0 Å². The molecule has 0 amide bonds. The number of alkyl halides is 2. The molecule has 0 aliphatic heterocycles. The van der Waals surface area contributed by atoms with Crippen molar-refractivity contribution >= 4 is 11.4 Å². The molecule has 0 aliphatic rings. The van der Waals surface area contributed by atoms with Crippen molar-refractivity contribution in [2.24, 2.45) is 0 Å². The Morgan fingerprint density at radius 2 is 1.67 bits per heavy atom. The number of nitrogens with one attached hydrogen (secondary N) is 1. The third-order valence-electron chi connectivity index (χ3n) is 2.16. The Morgan fingerprint density at radius 1 is 1.13 bits per heavy atom. The lowest BCUT2D eigenvalue weighted by atomic mass is 10.2. The average molecular weight is 214 g/mol. The van der Waals surface area contributed by atoms with Crippen LogP contribution in [-0.4, -0.2) is 26.6 Å². The monoisotopic (exact) mass is 214 g/mol. The third kappa shape index (κ3) is 3.38. The predicted octanol–water partition coefficient (Wildman–Crippen LogP) is 2.82. The molecule has 4 heteroatoms. The van der Waals surface area contributed by atoms with E-state index in [1.807, 2.05) is 31.1 Å². The first-order chi connectivity index (χ1) is 7.00. The molecule has 0 fully saturated rings. The average Bonchev–Trinajstić information content (AvgIpc) is 2.18. The van der Waals surface area contributed by atoms with Crippen molar-refractivity contribution < 1.29 is 8.78 Å². The first kappa shape index (κ1) is 11.8. The second kappa shape index (κ2) is 4.96. The highest BCUT2D eigenvalue weighted by Gasteiger charge is 2.13. The van der Waals surface area contributed by atoms with Gasteiger partial charge in [0.05, 0.1) is 6.04 Å². The zero-order valence-corrected chi connectivity index (χ0v) is 9.17. The van der Waals surface area contributed by atoms with E-state index in [0.717, 1.165) is 5.69 Å². The third-order valence-corrected chi connectivity index (χ3v) is 2.16. The Bertz CT molecular complexity index is 296. The molecule has 0 heterocycles. The number of benzene rings is 1. The molecule has 1 aromatic carbocycles. The van der Waals surface area contributed by atoms with Crippen molar-refractivity contribution in [2.75, 3.05) is 24.3 Å². The molecule has 0 spiro atoms. The summed E-state index contributed by atoms with van der Waals surface area (Å²) < 4.78 is 24.5. The fourth-order valence-corrected chi connectivity index (χ4v) is 1.18. The Balaban J connectivity index is 2.64. The maximum atomic E-state index is 12.3. The molecule has 2 nitrogen and oxygen atoms in total. The summed E-state index contributed by atoms with van der Waals surface area (Å²) >= 11 is 0. The number of rotatable bonds is 4. The fourth-order valence-electron chi connectivity index (χ4n) is 1.18. The Labute approximate surface area is 88.9 Å². The van der Waals surface area contributed by atoms with Crippen LogP contribution in [-0.2, 0) is 0 Å². The van der Waals surface area contributed by atoms with Gasteiger partial charge in [0.15, 0.2) is 0 Å². The van der Waals surface area contributed by atoms with Gasteiger partial charge < -0.3 is 10.2 Å². The van der Waals surface area contributed by atoms with Crippen LogP contribution in [0.1, 0.15) is 6.92 Å². The maximum Gasteiger partial charge on any atom is 0.258 e. The number of anilines is 2. The molecule has 15 heavy (non-hydrogen) atoms. The van der Waals surface area contributed by atoms with Gasteiger partial charge in [-0.1, -0.05) is 0 Å². The molecule has 1 atom stereocenters. The minimum Gasteiger partial charge on any atom is -0.378 e. The molecule has 1 aromatic rings. The molecule has 0 radical (unpaired) electrons. The Kier molecular flexibility index (Phi) is 3.88. The summed E-state index contributed by atoms with van der Waals surface area (Å²) in [4.78, 5) is 1.96. The standard InChI is InChI=1S/C11H16F2N2/c1-8(11(12)13)14-9-4-6-10(7-5-9)15(2)3/h4-8,11,14H,1-3H3. The normalized spacial score (nSPS) is 12.7. The summed E-state index contributed by atoms with van der Waals surface area (Å²) in [7, 11) is 3.87. The van der Waals surface area contributed by atoms with Gasteiger partial charge in [0.1, 0.15) is 0 Å². The highest BCUT2D eigenvalue weighted by Crippen LogP contribution is 2.17. The summed E-state index contributed by atoms with van der Waals surface area (Å²) in [6.07, 6.45) is -2.35. The lowest BCUT2D eigenvalue weighted by Gasteiger charge is -2.16. The molecule has 0 saturated heterocycles. The van der Waals surface area contributed by atoms with Crippen molar-refractivity contribution in [3.8, 4) is 0 Å². The van der Waals surface area contributed by atoms with Crippen LogP contribution in [0, 0.1) is 0 Å². The van der Waals surface area contributed by atoms with Crippen molar-refractivity contribution in [3.63, 3.8) is 0 Å².